The molecule has 1 atom stereocenters. The van der Waals surface area contributed by atoms with Crippen LogP contribution in [0.15, 0.2) is 42.5 Å². The van der Waals surface area contributed by atoms with Gasteiger partial charge in [-0.05, 0) is 44.5 Å². The first-order valence-corrected chi connectivity index (χ1v) is 12.6. The number of methoxy groups -OCH3 is 1. The van der Waals surface area contributed by atoms with Gasteiger partial charge in [-0.15, -0.1) is 0 Å². The Morgan fingerprint density at radius 3 is 2.45 bits per heavy atom. The van der Waals surface area contributed by atoms with Gasteiger partial charge >= 0.3 is 0 Å². The molecule has 0 saturated heterocycles. The molecule has 10 heteroatoms. The van der Waals surface area contributed by atoms with Crippen molar-refractivity contribution < 1.29 is 22.7 Å². The number of carbonyl (C=O) groups is 2. The minimum atomic E-state index is -3.89. The van der Waals surface area contributed by atoms with Crippen LogP contribution in [0.3, 0.4) is 0 Å². The normalized spacial score (nSPS) is 12.1. The van der Waals surface area contributed by atoms with Crippen molar-refractivity contribution >= 4 is 39.1 Å². The summed E-state index contributed by atoms with van der Waals surface area (Å²) in [5, 5.41) is 3.01. The lowest BCUT2D eigenvalue weighted by Crippen LogP contribution is -2.51. The van der Waals surface area contributed by atoms with Crippen LogP contribution in [-0.4, -0.2) is 57.6 Å². The fourth-order valence-corrected chi connectivity index (χ4v) is 4.38. The average molecular weight is 496 g/mol. The van der Waals surface area contributed by atoms with E-state index in [1.54, 1.807) is 19.9 Å². The lowest BCUT2D eigenvalue weighted by atomic mass is 10.1. The molecule has 2 aromatic rings. The van der Waals surface area contributed by atoms with E-state index in [1.807, 2.05) is 31.2 Å². The summed E-state index contributed by atoms with van der Waals surface area (Å²) < 4.78 is 31.5. The Hall–Kier alpha value is -2.78. The Bertz CT molecular complexity index is 1110. The van der Waals surface area contributed by atoms with E-state index in [0.717, 1.165) is 21.7 Å². The summed E-state index contributed by atoms with van der Waals surface area (Å²) >= 11 is 6.09. The van der Waals surface area contributed by atoms with Crippen LogP contribution >= 0.6 is 11.6 Å². The third-order valence-electron chi connectivity index (χ3n) is 5.04. The number of sulfonamides is 1. The number of aryl methyl sites for hydroxylation is 1. The summed E-state index contributed by atoms with van der Waals surface area (Å²) in [5.74, 6) is -0.618. The number of halogens is 1. The number of anilines is 1. The molecule has 0 saturated carbocycles. The SMILES string of the molecule is CCNC(=O)[C@H](C)N(Cc1cccc(C)c1)C(=O)CN(c1cc(Cl)ccc1OC)S(C)(=O)=O. The number of ether oxygens (including phenoxy) is 1. The van der Waals surface area contributed by atoms with Crippen LogP contribution < -0.4 is 14.4 Å². The molecular weight excluding hydrogens is 466 g/mol. The summed E-state index contributed by atoms with van der Waals surface area (Å²) in [6.45, 7) is 5.36. The number of hydrogen-bond acceptors (Lipinski definition) is 5. The first-order chi connectivity index (χ1) is 15.5. The molecule has 1 N–H and O–H groups in total. The minimum Gasteiger partial charge on any atom is -0.495 e. The second kappa shape index (κ2) is 11.4. The largest absolute Gasteiger partial charge is 0.495 e. The lowest BCUT2D eigenvalue weighted by Gasteiger charge is -2.31. The van der Waals surface area contributed by atoms with Gasteiger partial charge in [0.2, 0.25) is 21.8 Å². The molecule has 0 fully saturated rings. The number of likely N-dealkylation sites (N-methyl/N-ethyl adjacent to an activating group) is 1. The molecule has 0 radical (unpaired) electrons. The molecule has 2 rings (SSSR count). The summed E-state index contributed by atoms with van der Waals surface area (Å²) in [6.07, 6.45) is 0.999. The monoisotopic (exact) mass is 495 g/mol. The van der Waals surface area contributed by atoms with Gasteiger partial charge in [-0.1, -0.05) is 41.4 Å². The van der Waals surface area contributed by atoms with Crippen molar-refractivity contribution in [3.05, 3.63) is 58.6 Å². The highest BCUT2D eigenvalue weighted by Gasteiger charge is 2.31. The number of nitrogens with zero attached hydrogens (tertiary/aromatic N) is 2. The Morgan fingerprint density at radius 2 is 1.88 bits per heavy atom. The Balaban J connectivity index is 2.46. The molecule has 0 spiro atoms. The predicted octanol–water partition coefficient (Wildman–Crippen LogP) is 2.98. The molecule has 0 aliphatic carbocycles. The highest BCUT2D eigenvalue weighted by Crippen LogP contribution is 2.33. The van der Waals surface area contributed by atoms with Crippen molar-refractivity contribution in [2.75, 3.05) is 30.8 Å². The molecule has 2 aromatic carbocycles. The van der Waals surface area contributed by atoms with Gasteiger partial charge in [-0.2, -0.15) is 0 Å². The number of nitrogens with one attached hydrogen (secondary N) is 1. The van der Waals surface area contributed by atoms with Crippen LogP contribution in [0, 0.1) is 6.92 Å². The Labute approximate surface area is 200 Å². The molecule has 0 unspecified atom stereocenters. The van der Waals surface area contributed by atoms with Crippen molar-refractivity contribution in [3.63, 3.8) is 0 Å². The minimum absolute atomic E-state index is 0.141. The Morgan fingerprint density at radius 1 is 1.18 bits per heavy atom. The number of amides is 2. The highest BCUT2D eigenvalue weighted by molar-refractivity contribution is 7.92. The maximum absolute atomic E-state index is 13.5. The maximum atomic E-state index is 13.5. The summed E-state index contributed by atoms with van der Waals surface area (Å²) in [5.41, 5.74) is 1.97. The second-order valence-electron chi connectivity index (χ2n) is 7.67. The van der Waals surface area contributed by atoms with Crippen LogP contribution in [0.25, 0.3) is 0 Å². The number of hydrogen-bond donors (Lipinski definition) is 1. The van der Waals surface area contributed by atoms with E-state index in [4.69, 9.17) is 16.3 Å². The van der Waals surface area contributed by atoms with Gasteiger partial charge in [0.15, 0.2) is 0 Å². The summed E-state index contributed by atoms with van der Waals surface area (Å²) in [7, 11) is -2.49. The second-order valence-corrected chi connectivity index (χ2v) is 10.0. The first kappa shape index (κ1) is 26.5. The lowest BCUT2D eigenvalue weighted by molar-refractivity contribution is -0.139. The van der Waals surface area contributed by atoms with E-state index in [1.165, 1.54) is 24.1 Å². The molecular formula is C23H30ClN3O5S. The van der Waals surface area contributed by atoms with Gasteiger partial charge in [-0.3, -0.25) is 13.9 Å². The van der Waals surface area contributed by atoms with E-state index in [0.29, 0.717) is 11.6 Å². The molecule has 0 heterocycles. The quantitative estimate of drug-likeness (QED) is 0.546. The van der Waals surface area contributed by atoms with Crippen LogP contribution in [0.5, 0.6) is 5.75 Å². The molecule has 0 bridgehead atoms. The zero-order valence-electron chi connectivity index (χ0n) is 19.5. The zero-order chi connectivity index (χ0) is 24.8. The predicted molar refractivity (Wildman–Crippen MR) is 130 cm³/mol. The third kappa shape index (κ3) is 7.10. The fraction of sp³-hybridized carbons (Fsp3) is 0.391. The van der Waals surface area contributed by atoms with Gasteiger partial charge in [-0.25, -0.2) is 8.42 Å². The summed E-state index contributed by atoms with van der Waals surface area (Å²) in [6, 6.07) is 11.3. The molecule has 8 nitrogen and oxygen atoms in total. The van der Waals surface area contributed by atoms with Gasteiger partial charge < -0.3 is 15.0 Å². The molecule has 0 aliphatic heterocycles. The zero-order valence-corrected chi connectivity index (χ0v) is 21.0. The van der Waals surface area contributed by atoms with Crippen LogP contribution in [0.2, 0.25) is 5.02 Å². The van der Waals surface area contributed by atoms with E-state index in [-0.39, 0.29) is 23.9 Å². The van der Waals surface area contributed by atoms with Crippen molar-refractivity contribution in [1.29, 1.82) is 0 Å². The molecule has 33 heavy (non-hydrogen) atoms. The molecule has 0 aromatic heterocycles. The smallest absolute Gasteiger partial charge is 0.244 e. The molecule has 180 valence electrons. The standard InChI is InChI=1S/C23H30ClN3O5S/c1-6-25-23(29)17(3)26(14-18-9-7-8-16(2)12-18)22(28)15-27(33(5,30)31)20-13-19(24)10-11-21(20)32-4/h7-13,17H,6,14-15H2,1-5H3,(H,25,29)/t17-/m0/s1. The van der Waals surface area contributed by atoms with Gasteiger partial charge in [0, 0.05) is 18.1 Å². The van der Waals surface area contributed by atoms with E-state index >= 15 is 0 Å². The fourth-order valence-electron chi connectivity index (χ4n) is 3.36. The van der Waals surface area contributed by atoms with Crippen molar-refractivity contribution in [2.45, 2.75) is 33.4 Å². The van der Waals surface area contributed by atoms with Gasteiger partial charge in [0.25, 0.3) is 0 Å². The molecule has 0 aliphatic rings. The van der Waals surface area contributed by atoms with E-state index in [2.05, 4.69) is 5.32 Å². The topological polar surface area (TPSA) is 96.0 Å². The van der Waals surface area contributed by atoms with Crippen LogP contribution in [0.1, 0.15) is 25.0 Å². The number of carbonyl (C=O) groups excluding carboxylic acids is 2. The van der Waals surface area contributed by atoms with E-state index < -0.39 is 28.5 Å². The van der Waals surface area contributed by atoms with Gasteiger partial charge in [0.05, 0.1) is 19.1 Å². The third-order valence-corrected chi connectivity index (χ3v) is 6.40. The van der Waals surface area contributed by atoms with E-state index in [9.17, 15) is 18.0 Å². The van der Waals surface area contributed by atoms with Crippen molar-refractivity contribution in [1.82, 2.24) is 10.2 Å². The highest BCUT2D eigenvalue weighted by atomic mass is 35.5. The number of rotatable bonds is 10. The van der Waals surface area contributed by atoms with Crippen LogP contribution in [-0.2, 0) is 26.2 Å². The van der Waals surface area contributed by atoms with Crippen molar-refractivity contribution in [2.24, 2.45) is 0 Å². The number of benzene rings is 2. The van der Waals surface area contributed by atoms with Crippen LogP contribution in [0.4, 0.5) is 5.69 Å². The maximum Gasteiger partial charge on any atom is 0.244 e. The average Bonchev–Trinajstić information content (AvgIpc) is 2.74. The Kier molecular flexibility index (Phi) is 9.13. The molecule has 2 amide bonds. The summed E-state index contributed by atoms with van der Waals surface area (Å²) in [4.78, 5) is 27.4. The van der Waals surface area contributed by atoms with Gasteiger partial charge in [0.1, 0.15) is 18.3 Å². The van der Waals surface area contributed by atoms with Crippen molar-refractivity contribution in [3.8, 4) is 5.75 Å². The first-order valence-electron chi connectivity index (χ1n) is 10.4.